The molecule has 0 aromatic heterocycles. The normalized spacial score (nSPS) is 11.8. The van der Waals surface area contributed by atoms with Gasteiger partial charge < -0.3 is 5.32 Å². The number of rotatable bonds is 7. The molecule has 4 nitrogen and oxygen atoms in total. The van der Waals surface area contributed by atoms with Gasteiger partial charge in [0.1, 0.15) is 5.82 Å². The molecule has 0 aliphatic carbocycles. The number of nitrogens with one attached hydrogen (secondary N) is 2. The van der Waals surface area contributed by atoms with Crippen molar-refractivity contribution in [2.75, 3.05) is 13.1 Å². The molecule has 0 unspecified atom stereocenters. The molecule has 0 aliphatic heterocycles. The van der Waals surface area contributed by atoms with Crippen LogP contribution < -0.4 is 10.0 Å². The van der Waals surface area contributed by atoms with Gasteiger partial charge in [0.15, 0.2) is 0 Å². The number of sulfonamides is 1. The van der Waals surface area contributed by atoms with Crippen LogP contribution in [0.25, 0.3) is 0 Å². The van der Waals surface area contributed by atoms with Gasteiger partial charge in [0.05, 0.1) is 4.90 Å². The van der Waals surface area contributed by atoms with Crippen LogP contribution >= 0.6 is 0 Å². The van der Waals surface area contributed by atoms with Gasteiger partial charge in [-0.15, -0.1) is 0 Å². The van der Waals surface area contributed by atoms with E-state index in [4.69, 9.17) is 0 Å². The van der Waals surface area contributed by atoms with Crippen LogP contribution in [0.3, 0.4) is 0 Å². The lowest BCUT2D eigenvalue weighted by atomic mass is 10.1. The molecule has 0 radical (unpaired) electrons. The summed E-state index contributed by atoms with van der Waals surface area (Å²) in [6.45, 7) is 6.70. The maximum Gasteiger partial charge on any atom is 0.240 e. The second kappa shape index (κ2) is 6.98. The first kappa shape index (κ1) is 16.1. The Morgan fingerprint density at radius 3 is 2.53 bits per heavy atom. The lowest BCUT2D eigenvalue weighted by Gasteiger charge is -2.11. The van der Waals surface area contributed by atoms with E-state index >= 15 is 0 Å². The molecule has 0 amide bonds. The number of hydrogen-bond acceptors (Lipinski definition) is 3. The summed E-state index contributed by atoms with van der Waals surface area (Å²) in [5.74, 6) is -0.348. The van der Waals surface area contributed by atoms with Gasteiger partial charge in [-0.2, -0.15) is 0 Å². The van der Waals surface area contributed by atoms with Gasteiger partial charge >= 0.3 is 0 Å². The van der Waals surface area contributed by atoms with Crippen LogP contribution in [-0.2, 0) is 16.6 Å². The summed E-state index contributed by atoms with van der Waals surface area (Å²) in [6, 6.07) is 2.75. The zero-order valence-electron chi connectivity index (χ0n) is 11.6. The average Bonchev–Trinajstić information content (AvgIpc) is 2.34. The van der Waals surface area contributed by atoms with Crippen molar-refractivity contribution in [3.05, 3.63) is 29.1 Å². The zero-order valence-corrected chi connectivity index (χ0v) is 12.4. The molecule has 0 spiro atoms. The molecular weight excluding hydrogens is 267 g/mol. The molecule has 19 heavy (non-hydrogen) atoms. The summed E-state index contributed by atoms with van der Waals surface area (Å²) >= 11 is 0. The molecule has 6 heteroatoms. The highest BCUT2D eigenvalue weighted by atomic mass is 32.2. The minimum absolute atomic E-state index is 0.113. The fourth-order valence-electron chi connectivity index (χ4n) is 1.76. The fourth-order valence-corrected chi connectivity index (χ4v) is 2.94. The largest absolute Gasteiger partial charge is 0.313 e. The van der Waals surface area contributed by atoms with Crippen LogP contribution in [0.15, 0.2) is 17.0 Å². The van der Waals surface area contributed by atoms with Crippen molar-refractivity contribution >= 4 is 10.0 Å². The third-order valence-electron chi connectivity index (χ3n) is 2.69. The smallest absolute Gasteiger partial charge is 0.240 e. The Hall–Kier alpha value is -0.980. The third kappa shape index (κ3) is 4.26. The summed E-state index contributed by atoms with van der Waals surface area (Å²) in [5.41, 5.74) is 0.720. The molecular formula is C13H21FN2O2S. The van der Waals surface area contributed by atoms with Crippen molar-refractivity contribution in [2.45, 2.75) is 38.6 Å². The summed E-state index contributed by atoms with van der Waals surface area (Å²) in [6.07, 6.45) is 0.940. The van der Waals surface area contributed by atoms with Crippen molar-refractivity contribution in [1.29, 1.82) is 0 Å². The molecule has 0 fully saturated rings. The molecule has 0 bridgehead atoms. The maximum atomic E-state index is 13.9. The topological polar surface area (TPSA) is 58.2 Å². The van der Waals surface area contributed by atoms with Gasteiger partial charge in [-0.1, -0.05) is 13.8 Å². The molecule has 108 valence electrons. The quantitative estimate of drug-likeness (QED) is 0.754. The van der Waals surface area contributed by atoms with E-state index in [-0.39, 0.29) is 10.7 Å². The highest BCUT2D eigenvalue weighted by molar-refractivity contribution is 7.89. The molecule has 0 heterocycles. The minimum atomic E-state index is -3.55. The number of halogens is 1. The lowest BCUT2D eigenvalue weighted by Crippen LogP contribution is -2.24. The molecule has 0 aliphatic rings. The van der Waals surface area contributed by atoms with E-state index in [1.807, 2.05) is 6.92 Å². The van der Waals surface area contributed by atoms with E-state index in [0.717, 1.165) is 13.0 Å². The third-order valence-corrected chi connectivity index (χ3v) is 4.22. The highest BCUT2D eigenvalue weighted by Gasteiger charge is 2.17. The lowest BCUT2D eigenvalue weighted by molar-refractivity contribution is 0.570. The predicted octanol–water partition coefficient (Wildman–Crippen LogP) is 1.93. The van der Waals surface area contributed by atoms with Crippen molar-refractivity contribution < 1.29 is 12.8 Å². The summed E-state index contributed by atoms with van der Waals surface area (Å²) in [7, 11) is -3.55. The molecule has 1 rings (SSSR count). The van der Waals surface area contributed by atoms with Crippen molar-refractivity contribution in [2.24, 2.45) is 0 Å². The first-order chi connectivity index (χ1) is 8.92. The first-order valence-electron chi connectivity index (χ1n) is 6.41. The zero-order chi connectivity index (χ0) is 14.5. The van der Waals surface area contributed by atoms with Gasteiger partial charge in [0.25, 0.3) is 0 Å². The number of hydrogen-bond donors (Lipinski definition) is 2. The van der Waals surface area contributed by atoms with Gasteiger partial charge in [0, 0.05) is 18.7 Å². The molecule has 0 saturated heterocycles. The Morgan fingerprint density at radius 2 is 1.95 bits per heavy atom. The van der Waals surface area contributed by atoms with E-state index < -0.39 is 10.0 Å². The summed E-state index contributed by atoms with van der Waals surface area (Å²) < 4.78 is 40.2. The Balaban J connectivity index is 3.09. The molecule has 1 aromatic carbocycles. The Morgan fingerprint density at radius 1 is 1.26 bits per heavy atom. The van der Waals surface area contributed by atoms with Crippen LogP contribution in [-0.4, -0.2) is 21.5 Å². The minimum Gasteiger partial charge on any atom is -0.313 e. The van der Waals surface area contributed by atoms with Crippen LogP contribution in [0.2, 0.25) is 0 Å². The van der Waals surface area contributed by atoms with E-state index in [1.54, 1.807) is 13.8 Å². The maximum absolute atomic E-state index is 13.9. The molecule has 0 saturated carbocycles. The standard InChI is InChI=1S/C13H21FN2O2S/c1-4-6-15-9-11-8-12(7-10(3)13(11)14)19(17,18)16-5-2/h7-8,15-16H,4-6,9H2,1-3H3. The van der Waals surface area contributed by atoms with Crippen molar-refractivity contribution in [1.82, 2.24) is 10.0 Å². The molecule has 1 aromatic rings. The van der Waals surface area contributed by atoms with Gasteiger partial charge in [-0.25, -0.2) is 17.5 Å². The van der Waals surface area contributed by atoms with Gasteiger partial charge in [0.2, 0.25) is 10.0 Å². The monoisotopic (exact) mass is 288 g/mol. The van der Waals surface area contributed by atoms with Gasteiger partial charge in [-0.05, 0) is 37.6 Å². The second-order valence-electron chi connectivity index (χ2n) is 4.39. The highest BCUT2D eigenvalue weighted by Crippen LogP contribution is 2.19. The molecule has 2 N–H and O–H groups in total. The summed E-state index contributed by atoms with van der Waals surface area (Å²) in [4.78, 5) is 0.113. The van der Waals surface area contributed by atoms with E-state index in [9.17, 15) is 12.8 Å². The van der Waals surface area contributed by atoms with Crippen LogP contribution in [0, 0.1) is 12.7 Å². The van der Waals surface area contributed by atoms with Crippen LogP contribution in [0.5, 0.6) is 0 Å². The van der Waals surface area contributed by atoms with E-state index in [2.05, 4.69) is 10.0 Å². The SMILES string of the molecule is CCCNCc1cc(S(=O)(=O)NCC)cc(C)c1F. The first-order valence-corrected chi connectivity index (χ1v) is 7.90. The average molecular weight is 288 g/mol. The number of aryl methyl sites for hydroxylation is 1. The van der Waals surface area contributed by atoms with Crippen LogP contribution in [0.4, 0.5) is 4.39 Å². The van der Waals surface area contributed by atoms with E-state index in [1.165, 1.54) is 12.1 Å². The fraction of sp³-hybridized carbons (Fsp3) is 0.538. The Kier molecular flexibility index (Phi) is 5.90. The van der Waals surface area contributed by atoms with Gasteiger partial charge in [-0.3, -0.25) is 0 Å². The predicted molar refractivity (Wildman–Crippen MR) is 74.0 cm³/mol. The second-order valence-corrected chi connectivity index (χ2v) is 6.16. The summed E-state index contributed by atoms with van der Waals surface area (Å²) in [5, 5.41) is 3.07. The van der Waals surface area contributed by atoms with E-state index in [0.29, 0.717) is 24.2 Å². The Labute approximate surface area is 114 Å². The van der Waals surface area contributed by atoms with Crippen molar-refractivity contribution in [3.8, 4) is 0 Å². The number of benzene rings is 1. The van der Waals surface area contributed by atoms with Crippen molar-refractivity contribution in [3.63, 3.8) is 0 Å². The Bertz CT molecular complexity index is 530. The van der Waals surface area contributed by atoms with Crippen LogP contribution in [0.1, 0.15) is 31.4 Å². The molecule has 0 atom stereocenters.